The Morgan fingerprint density at radius 3 is 2.94 bits per heavy atom. The lowest BCUT2D eigenvalue weighted by Gasteiger charge is -2.18. The highest BCUT2D eigenvalue weighted by atomic mass is 15.3. The maximum atomic E-state index is 6.23. The summed E-state index contributed by atoms with van der Waals surface area (Å²) in [5, 5.41) is 4.17. The topological polar surface area (TPSA) is 56.7 Å². The number of aryl methyl sites for hydroxylation is 2. The van der Waals surface area contributed by atoms with Crippen molar-refractivity contribution >= 4 is 0 Å². The zero-order valence-corrected chi connectivity index (χ0v) is 10.1. The van der Waals surface area contributed by atoms with Crippen molar-refractivity contribution in [3.63, 3.8) is 0 Å². The van der Waals surface area contributed by atoms with Gasteiger partial charge in [0, 0.05) is 19.0 Å². The molecule has 1 unspecified atom stereocenters. The van der Waals surface area contributed by atoms with Gasteiger partial charge in [0.2, 0.25) is 0 Å². The predicted octanol–water partition coefficient (Wildman–Crippen LogP) is 1.75. The molecule has 1 aromatic heterocycles. The van der Waals surface area contributed by atoms with E-state index in [0.29, 0.717) is 6.04 Å². The van der Waals surface area contributed by atoms with Gasteiger partial charge in [0.25, 0.3) is 0 Å². The van der Waals surface area contributed by atoms with Gasteiger partial charge in [-0.05, 0) is 32.1 Å². The molecule has 0 bridgehead atoms. The van der Waals surface area contributed by atoms with E-state index < -0.39 is 0 Å². The molecule has 1 atom stereocenters. The molecule has 1 aliphatic carbocycles. The Hall–Kier alpha value is -0.900. The molecule has 1 fully saturated rings. The van der Waals surface area contributed by atoms with Crippen molar-refractivity contribution in [1.29, 1.82) is 0 Å². The van der Waals surface area contributed by atoms with Crippen molar-refractivity contribution < 1.29 is 0 Å². The van der Waals surface area contributed by atoms with E-state index in [1.807, 2.05) is 4.68 Å². The number of nitrogens with two attached hydrogens (primary N) is 1. The molecule has 0 spiro atoms. The largest absolute Gasteiger partial charge is 0.327 e. The quantitative estimate of drug-likeness (QED) is 0.825. The Labute approximate surface area is 97.2 Å². The van der Waals surface area contributed by atoms with Crippen LogP contribution in [-0.2, 0) is 13.0 Å². The second-order valence-corrected chi connectivity index (χ2v) is 4.74. The smallest absolute Gasteiger partial charge is 0.138 e. The molecular weight excluding hydrogens is 200 g/mol. The first kappa shape index (κ1) is 11.6. The molecule has 1 aromatic rings. The second kappa shape index (κ2) is 5.43. The summed E-state index contributed by atoms with van der Waals surface area (Å²) in [4.78, 5) is 4.28. The van der Waals surface area contributed by atoms with Crippen molar-refractivity contribution in [1.82, 2.24) is 14.8 Å². The summed E-state index contributed by atoms with van der Waals surface area (Å²) in [6, 6.07) is 0.351. The van der Waals surface area contributed by atoms with Crippen LogP contribution in [0.1, 0.15) is 44.9 Å². The third-order valence-corrected chi connectivity index (χ3v) is 3.70. The molecule has 0 aliphatic heterocycles. The van der Waals surface area contributed by atoms with Crippen molar-refractivity contribution in [3.8, 4) is 0 Å². The average molecular weight is 222 g/mol. The summed E-state index contributed by atoms with van der Waals surface area (Å²) in [6.07, 6.45) is 9.02. The van der Waals surface area contributed by atoms with Crippen molar-refractivity contribution in [3.05, 3.63) is 12.2 Å². The van der Waals surface area contributed by atoms with Crippen LogP contribution in [0.4, 0.5) is 0 Å². The van der Waals surface area contributed by atoms with Gasteiger partial charge in [-0.15, -0.1) is 0 Å². The van der Waals surface area contributed by atoms with Crippen LogP contribution in [-0.4, -0.2) is 20.8 Å². The van der Waals surface area contributed by atoms with Gasteiger partial charge in [-0.1, -0.05) is 12.8 Å². The zero-order chi connectivity index (χ0) is 11.4. The summed E-state index contributed by atoms with van der Waals surface area (Å²) in [5.74, 6) is 1.83. The Kier molecular flexibility index (Phi) is 3.93. The van der Waals surface area contributed by atoms with Crippen LogP contribution >= 0.6 is 0 Å². The molecule has 16 heavy (non-hydrogen) atoms. The monoisotopic (exact) mass is 222 g/mol. The van der Waals surface area contributed by atoms with Gasteiger partial charge in [-0.2, -0.15) is 5.10 Å². The summed E-state index contributed by atoms with van der Waals surface area (Å²) in [7, 11) is 0. The summed E-state index contributed by atoms with van der Waals surface area (Å²) < 4.78 is 1.96. The molecule has 0 saturated heterocycles. The lowest BCUT2D eigenvalue weighted by Crippen LogP contribution is -2.29. The minimum Gasteiger partial charge on any atom is -0.327 e. The molecule has 1 heterocycles. The fourth-order valence-corrected chi connectivity index (χ4v) is 2.66. The number of aromatic nitrogens is 3. The van der Waals surface area contributed by atoms with Gasteiger partial charge in [0.1, 0.15) is 12.2 Å². The first-order chi connectivity index (χ1) is 7.81. The molecule has 0 amide bonds. The Morgan fingerprint density at radius 2 is 2.25 bits per heavy atom. The van der Waals surface area contributed by atoms with E-state index in [0.717, 1.165) is 31.1 Å². The standard InChI is InChI=1S/C12H22N4/c1-2-16-12(14-9-15-16)8-7-11(13)10-5-3-4-6-10/h9-11H,2-8,13H2,1H3. The molecule has 0 aromatic carbocycles. The van der Waals surface area contributed by atoms with Crippen LogP contribution < -0.4 is 5.73 Å². The molecule has 1 saturated carbocycles. The van der Waals surface area contributed by atoms with Gasteiger partial charge in [0.15, 0.2) is 0 Å². The Morgan fingerprint density at radius 1 is 1.50 bits per heavy atom. The summed E-state index contributed by atoms with van der Waals surface area (Å²) in [6.45, 7) is 2.99. The van der Waals surface area contributed by atoms with Crippen LogP contribution in [0.3, 0.4) is 0 Å². The molecule has 0 radical (unpaired) electrons. The SMILES string of the molecule is CCn1ncnc1CCC(N)C1CCCC1. The van der Waals surface area contributed by atoms with E-state index in [-0.39, 0.29) is 0 Å². The van der Waals surface area contributed by atoms with Gasteiger partial charge < -0.3 is 5.73 Å². The molecule has 4 nitrogen and oxygen atoms in total. The van der Waals surface area contributed by atoms with Crippen LogP contribution in [0, 0.1) is 5.92 Å². The maximum absolute atomic E-state index is 6.23. The van der Waals surface area contributed by atoms with Gasteiger partial charge in [-0.25, -0.2) is 4.98 Å². The third-order valence-electron chi connectivity index (χ3n) is 3.70. The summed E-state index contributed by atoms with van der Waals surface area (Å²) >= 11 is 0. The van der Waals surface area contributed by atoms with Crippen molar-refractivity contribution in [2.45, 2.75) is 58.0 Å². The highest BCUT2D eigenvalue weighted by Crippen LogP contribution is 2.28. The van der Waals surface area contributed by atoms with E-state index in [9.17, 15) is 0 Å². The molecule has 1 aliphatic rings. The van der Waals surface area contributed by atoms with Crippen molar-refractivity contribution in [2.75, 3.05) is 0 Å². The minimum atomic E-state index is 0.351. The van der Waals surface area contributed by atoms with E-state index in [4.69, 9.17) is 5.73 Å². The van der Waals surface area contributed by atoms with Crippen LogP contribution in [0.25, 0.3) is 0 Å². The second-order valence-electron chi connectivity index (χ2n) is 4.74. The van der Waals surface area contributed by atoms with Crippen LogP contribution in [0.5, 0.6) is 0 Å². The predicted molar refractivity (Wildman–Crippen MR) is 64.0 cm³/mol. The van der Waals surface area contributed by atoms with E-state index in [2.05, 4.69) is 17.0 Å². The lowest BCUT2D eigenvalue weighted by atomic mass is 9.95. The summed E-state index contributed by atoms with van der Waals surface area (Å²) in [5.41, 5.74) is 6.23. The highest BCUT2D eigenvalue weighted by Gasteiger charge is 2.22. The van der Waals surface area contributed by atoms with E-state index in [1.54, 1.807) is 6.33 Å². The Balaban J connectivity index is 1.82. The molecule has 4 heteroatoms. The molecule has 90 valence electrons. The fourth-order valence-electron chi connectivity index (χ4n) is 2.66. The number of nitrogens with zero attached hydrogens (tertiary/aromatic N) is 3. The highest BCUT2D eigenvalue weighted by molar-refractivity contribution is 4.88. The lowest BCUT2D eigenvalue weighted by molar-refractivity contribution is 0.404. The maximum Gasteiger partial charge on any atom is 0.138 e. The third kappa shape index (κ3) is 2.61. The molecule has 2 N–H and O–H groups in total. The first-order valence-electron chi connectivity index (χ1n) is 6.43. The molecule has 2 rings (SSSR count). The minimum absolute atomic E-state index is 0.351. The van der Waals surface area contributed by atoms with Gasteiger partial charge in [-0.3, -0.25) is 4.68 Å². The van der Waals surface area contributed by atoms with Crippen molar-refractivity contribution in [2.24, 2.45) is 11.7 Å². The van der Waals surface area contributed by atoms with E-state index in [1.165, 1.54) is 25.7 Å². The van der Waals surface area contributed by atoms with Gasteiger partial charge >= 0.3 is 0 Å². The number of hydrogen-bond acceptors (Lipinski definition) is 3. The van der Waals surface area contributed by atoms with Crippen LogP contribution in [0.2, 0.25) is 0 Å². The van der Waals surface area contributed by atoms with E-state index >= 15 is 0 Å². The first-order valence-corrected chi connectivity index (χ1v) is 6.43. The normalized spacial score (nSPS) is 19.1. The molecular formula is C12H22N4. The fraction of sp³-hybridized carbons (Fsp3) is 0.833. The van der Waals surface area contributed by atoms with Gasteiger partial charge in [0.05, 0.1) is 0 Å². The zero-order valence-electron chi connectivity index (χ0n) is 10.1. The number of hydrogen-bond donors (Lipinski definition) is 1. The average Bonchev–Trinajstić information content (AvgIpc) is 2.96. The Bertz CT molecular complexity index is 315. The van der Waals surface area contributed by atoms with Crippen LogP contribution in [0.15, 0.2) is 6.33 Å². The number of rotatable bonds is 5.